The summed E-state index contributed by atoms with van der Waals surface area (Å²) in [6.07, 6.45) is 10.0. The molecular weight excluding hydrogens is 310 g/mol. The number of rotatable bonds is 11. The highest BCUT2D eigenvalue weighted by Gasteiger charge is 2.12. The monoisotopic (exact) mass is 343 g/mol. The molecule has 7 nitrogen and oxygen atoms in total. The zero-order valence-electron chi connectivity index (χ0n) is 13.9. The van der Waals surface area contributed by atoms with Crippen molar-refractivity contribution in [2.45, 2.75) is 78.1 Å². The van der Waals surface area contributed by atoms with Gasteiger partial charge >= 0.3 is 16.4 Å². The molecule has 8 heteroatoms. The van der Waals surface area contributed by atoms with Crippen molar-refractivity contribution in [3.63, 3.8) is 0 Å². The van der Waals surface area contributed by atoms with Gasteiger partial charge in [-0.1, -0.05) is 58.3 Å². The van der Waals surface area contributed by atoms with Crippen LogP contribution in [0.25, 0.3) is 0 Å². The van der Waals surface area contributed by atoms with E-state index in [9.17, 15) is 13.2 Å². The SMILES string of the molecule is CCCCCCCCCCCC(=O)OS(=O)(=O)O.CCO.N. The Hall–Kier alpha value is -0.700. The molecule has 0 aromatic heterocycles. The van der Waals surface area contributed by atoms with Gasteiger partial charge < -0.3 is 15.4 Å². The van der Waals surface area contributed by atoms with Gasteiger partial charge in [-0.05, 0) is 13.3 Å². The van der Waals surface area contributed by atoms with Gasteiger partial charge in [0.15, 0.2) is 0 Å². The third-order valence-corrected chi connectivity index (χ3v) is 3.08. The first-order valence-corrected chi connectivity index (χ1v) is 9.04. The van der Waals surface area contributed by atoms with E-state index in [1.54, 1.807) is 6.92 Å². The van der Waals surface area contributed by atoms with E-state index in [4.69, 9.17) is 9.66 Å². The van der Waals surface area contributed by atoms with Crippen molar-refractivity contribution in [2.24, 2.45) is 0 Å². The first-order chi connectivity index (χ1) is 9.87. The largest absolute Gasteiger partial charge is 0.448 e. The van der Waals surface area contributed by atoms with Crippen LogP contribution in [0.1, 0.15) is 78.1 Å². The van der Waals surface area contributed by atoms with Crippen molar-refractivity contribution in [1.82, 2.24) is 6.15 Å². The lowest BCUT2D eigenvalue weighted by Crippen LogP contribution is -2.11. The summed E-state index contributed by atoms with van der Waals surface area (Å²) in [6, 6.07) is 0. The molecule has 0 fully saturated rings. The van der Waals surface area contributed by atoms with Crippen molar-refractivity contribution < 1.29 is 27.1 Å². The Morgan fingerprint density at radius 2 is 1.27 bits per heavy atom. The Morgan fingerprint density at radius 1 is 0.909 bits per heavy atom. The number of aliphatic hydroxyl groups excluding tert-OH is 1. The molecule has 0 atom stereocenters. The minimum Gasteiger partial charge on any atom is -0.397 e. The van der Waals surface area contributed by atoms with E-state index in [2.05, 4.69) is 11.1 Å². The van der Waals surface area contributed by atoms with Crippen LogP contribution in [0.4, 0.5) is 0 Å². The zero-order valence-corrected chi connectivity index (χ0v) is 14.7. The minimum absolute atomic E-state index is 0. The molecule has 0 amide bonds. The molecule has 0 aliphatic carbocycles. The Balaban J connectivity index is -0.000000827. The van der Waals surface area contributed by atoms with E-state index in [1.807, 2.05) is 0 Å². The van der Waals surface area contributed by atoms with Crippen molar-refractivity contribution in [1.29, 1.82) is 0 Å². The van der Waals surface area contributed by atoms with E-state index in [0.717, 1.165) is 19.3 Å². The van der Waals surface area contributed by atoms with Crippen LogP contribution in [0, 0.1) is 0 Å². The lowest BCUT2D eigenvalue weighted by Gasteiger charge is -2.02. The summed E-state index contributed by atoms with van der Waals surface area (Å²) in [6.45, 7) is 4.12. The standard InChI is InChI=1S/C12H24O5S.C2H6O.H3N/c1-2-3-4-5-6-7-8-9-10-11-12(13)17-18(14,15)16;1-2-3;/h2-11H2,1H3,(H,14,15,16);3H,2H2,1H3;1H3. The molecule has 0 heterocycles. The molecule has 5 N–H and O–H groups in total. The topological polar surface area (TPSA) is 136 Å². The van der Waals surface area contributed by atoms with Crippen LogP contribution in [0.2, 0.25) is 0 Å². The third-order valence-electron chi connectivity index (χ3n) is 2.68. The van der Waals surface area contributed by atoms with Crippen LogP contribution in [-0.2, 0) is 19.4 Å². The van der Waals surface area contributed by atoms with E-state index in [1.165, 1.54) is 32.1 Å². The summed E-state index contributed by atoms with van der Waals surface area (Å²) in [5, 5.41) is 7.57. The molecule has 0 unspecified atom stereocenters. The second-order valence-electron chi connectivity index (χ2n) is 4.78. The fraction of sp³-hybridized carbons (Fsp3) is 0.929. The van der Waals surface area contributed by atoms with Crippen molar-refractivity contribution in [2.75, 3.05) is 6.61 Å². The second-order valence-corrected chi connectivity index (χ2v) is 5.80. The summed E-state index contributed by atoms with van der Waals surface area (Å²) < 4.78 is 32.5. The van der Waals surface area contributed by atoms with E-state index in [0.29, 0.717) is 6.42 Å². The van der Waals surface area contributed by atoms with Crippen molar-refractivity contribution in [3.8, 4) is 0 Å². The summed E-state index contributed by atoms with van der Waals surface area (Å²) >= 11 is 0. The third kappa shape index (κ3) is 27.6. The van der Waals surface area contributed by atoms with Crippen molar-refractivity contribution >= 4 is 16.4 Å². The highest BCUT2D eigenvalue weighted by molar-refractivity contribution is 7.81. The van der Waals surface area contributed by atoms with E-state index >= 15 is 0 Å². The first kappa shape index (κ1) is 26.2. The van der Waals surface area contributed by atoms with Gasteiger partial charge in [0.2, 0.25) is 0 Å². The molecule has 136 valence electrons. The molecular formula is C14H33NO6S. The molecule has 22 heavy (non-hydrogen) atoms. The highest BCUT2D eigenvalue weighted by atomic mass is 32.3. The quantitative estimate of drug-likeness (QED) is 0.386. The lowest BCUT2D eigenvalue weighted by molar-refractivity contribution is -0.134. The number of hydrogen-bond donors (Lipinski definition) is 3. The molecule has 0 spiro atoms. The summed E-state index contributed by atoms with van der Waals surface area (Å²) in [4.78, 5) is 10.9. The number of unbranched alkanes of at least 4 members (excludes halogenated alkanes) is 8. The van der Waals surface area contributed by atoms with Gasteiger partial charge in [-0.3, -0.25) is 9.35 Å². The maximum Gasteiger partial charge on any atom is 0.448 e. The Kier molecular flexibility index (Phi) is 21.9. The molecule has 0 saturated carbocycles. The summed E-state index contributed by atoms with van der Waals surface area (Å²) in [5.41, 5.74) is 0. The number of hydrogen-bond acceptors (Lipinski definition) is 6. The first-order valence-electron chi connectivity index (χ1n) is 7.67. The second kappa shape index (κ2) is 18.3. The van der Waals surface area contributed by atoms with E-state index in [-0.39, 0.29) is 19.2 Å². The Labute approximate surface area is 135 Å². The highest BCUT2D eigenvalue weighted by Crippen LogP contribution is 2.10. The predicted molar refractivity (Wildman–Crippen MR) is 87.3 cm³/mol. The van der Waals surface area contributed by atoms with Crippen LogP contribution in [0.15, 0.2) is 0 Å². The molecule has 0 saturated heterocycles. The minimum atomic E-state index is -4.63. The number of carbonyl (C=O) groups is 1. The summed E-state index contributed by atoms with van der Waals surface area (Å²) in [5.74, 6) is -0.888. The van der Waals surface area contributed by atoms with Gasteiger partial charge in [0, 0.05) is 13.0 Å². The number of aliphatic hydroxyl groups is 1. The fourth-order valence-electron chi connectivity index (χ4n) is 1.74. The fourth-order valence-corrected chi connectivity index (χ4v) is 2.06. The van der Waals surface area contributed by atoms with Crippen LogP contribution in [0.5, 0.6) is 0 Å². The van der Waals surface area contributed by atoms with Gasteiger partial charge in [-0.15, -0.1) is 0 Å². The predicted octanol–water partition coefficient (Wildman–Crippen LogP) is 3.41. The van der Waals surface area contributed by atoms with Crippen molar-refractivity contribution in [3.05, 3.63) is 0 Å². The maximum atomic E-state index is 10.9. The molecule has 0 aromatic carbocycles. The maximum absolute atomic E-state index is 10.9. The Bertz CT molecular complexity index is 332. The van der Waals surface area contributed by atoms with Crippen LogP contribution in [-0.4, -0.2) is 30.7 Å². The molecule has 0 aliphatic rings. The molecule has 0 rings (SSSR count). The van der Waals surface area contributed by atoms with Gasteiger partial charge in [0.25, 0.3) is 0 Å². The van der Waals surface area contributed by atoms with Gasteiger partial charge in [0.05, 0.1) is 0 Å². The lowest BCUT2D eigenvalue weighted by atomic mass is 10.1. The van der Waals surface area contributed by atoms with Gasteiger partial charge in [0.1, 0.15) is 0 Å². The summed E-state index contributed by atoms with van der Waals surface area (Å²) in [7, 11) is -4.63. The van der Waals surface area contributed by atoms with E-state index < -0.39 is 16.4 Å². The molecule has 0 radical (unpaired) electrons. The smallest absolute Gasteiger partial charge is 0.397 e. The van der Waals surface area contributed by atoms with Gasteiger partial charge in [-0.25, -0.2) is 0 Å². The molecule has 0 bridgehead atoms. The van der Waals surface area contributed by atoms with Gasteiger partial charge in [-0.2, -0.15) is 8.42 Å². The average Bonchev–Trinajstić information content (AvgIpc) is 2.35. The molecule has 0 aliphatic heterocycles. The van der Waals surface area contributed by atoms with Crippen LogP contribution in [0.3, 0.4) is 0 Å². The van der Waals surface area contributed by atoms with Crippen LogP contribution < -0.4 is 6.15 Å². The average molecular weight is 343 g/mol. The normalized spacial score (nSPS) is 10.2. The Morgan fingerprint density at radius 3 is 1.64 bits per heavy atom. The zero-order chi connectivity index (χ0) is 16.6. The number of carbonyl (C=O) groups excluding carboxylic acids is 1. The van der Waals surface area contributed by atoms with Crippen LogP contribution >= 0.6 is 0 Å². The molecule has 0 aromatic rings.